The molecule has 0 aromatic heterocycles. The molecule has 0 aliphatic heterocycles. The minimum atomic E-state index is -0.991. The van der Waals surface area contributed by atoms with Crippen molar-refractivity contribution < 1.29 is 14.6 Å². The number of hydrogen-bond donors (Lipinski definition) is 1. The molecule has 0 unspecified atom stereocenters. The Morgan fingerprint density at radius 1 is 1.15 bits per heavy atom. The minimum Gasteiger partial charge on any atom is -0.482 e. The van der Waals surface area contributed by atoms with Gasteiger partial charge in [0.2, 0.25) is 0 Å². The summed E-state index contributed by atoms with van der Waals surface area (Å²) in [6, 6.07) is 15.0. The van der Waals surface area contributed by atoms with Gasteiger partial charge in [-0.2, -0.15) is 0 Å². The topological polar surface area (TPSA) is 58.9 Å². The Balaban J connectivity index is 1.99. The summed E-state index contributed by atoms with van der Waals surface area (Å²) in [4.78, 5) is 14.7. The van der Waals surface area contributed by atoms with Gasteiger partial charge in [0, 0.05) is 6.21 Å². The van der Waals surface area contributed by atoms with Gasteiger partial charge < -0.3 is 9.84 Å². The number of aryl methyl sites for hydroxylation is 1. The summed E-state index contributed by atoms with van der Waals surface area (Å²) in [5, 5.41) is 8.51. The quantitative estimate of drug-likeness (QED) is 0.848. The molecule has 0 heterocycles. The molecule has 0 fully saturated rings. The number of nitrogens with zero attached hydrogens (tertiary/aromatic N) is 1. The maximum atomic E-state index is 10.4. The molecule has 20 heavy (non-hydrogen) atoms. The van der Waals surface area contributed by atoms with Crippen LogP contribution < -0.4 is 4.74 Å². The third kappa shape index (κ3) is 4.24. The van der Waals surface area contributed by atoms with Crippen LogP contribution in [0.1, 0.15) is 11.1 Å². The number of benzene rings is 2. The Labute approximate surface area is 117 Å². The van der Waals surface area contributed by atoms with Crippen LogP contribution in [0.5, 0.6) is 5.75 Å². The second-order valence-electron chi connectivity index (χ2n) is 4.35. The molecular weight excluding hydrogens is 254 g/mol. The summed E-state index contributed by atoms with van der Waals surface area (Å²) in [6.45, 7) is 1.69. The van der Waals surface area contributed by atoms with E-state index in [-0.39, 0.29) is 6.61 Å². The van der Waals surface area contributed by atoms with Crippen LogP contribution >= 0.6 is 0 Å². The van der Waals surface area contributed by atoms with E-state index in [1.807, 2.05) is 43.3 Å². The van der Waals surface area contributed by atoms with E-state index in [2.05, 4.69) is 4.99 Å². The predicted molar refractivity (Wildman–Crippen MR) is 78.0 cm³/mol. The fraction of sp³-hybridized carbons (Fsp3) is 0.125. The van der Waals surface area contributed by atoms with Crippen molar-refractivity contribution in [2.24, 2.45) is 4.99 Å². The standard InChI is InChI=1S/C16H15NO3/c1-12-2-6-14(7-3-12)17-10-13-4-8-15(9-5-13)20-11-16(18)19/h2-10H,11H2,1H3,(H,18,19)/b17-10+. The first-order chi connectivity index (χ1) is 9.63. The highest BCUT2D eigenvalue weighted by atomic mass is 16.5. The monoisotopic (exact) mass is 269 g/mol. The van der Waals surface area contributed by atoms with E-state index in [9.17, 15) is 4.79 Å². The van der Waals surface area contributed by atoms with Crippen molar-refractivity contribution in [1.29, 1.82) is 0 Å². The lowest BCUT2D eigenvalue weighted by molar-refractivity contribution is -0.139. The summed E-state index contributed by atoms with van der Waals surface area (Å²) in [6.07, 6.45) is 1.76. The van der Waals surface area contributed by atoms with Gasteiger partial charge in [-0.25, -0.2) is 4.79 Å². The zero-order valence-corrected chi connectivity index (χ0v) is 11.1. The van der Waals surface area contributed by atoms with E-state index in [1.165, 1.54) is 5.56 Å². The second kappa shape index (κ2) is 6.52. The van der Waals surface area contributed by atoms with Crippen molar-refractivity contribution in [3.63, 3.8) is 0 Å². The van der Waals surface area contributed by atoms with Gasteiger partial charge in [-0.3, -0.25) is 4.99 Å². The zero-order chi connectivity index (χ0) is 14.4. The number of aliphatic carboxylic acids is 1. The van der Waals surface area contributed by atoms with Crippen molar-refractivity contribution in [1.82, 2.24) is 0 Å². The Hall–Kier alpha value is -2.62. The summed E-state index contributed by atoms with van der Waals surface area (Å²) in [5.41, 5.74) is 3.01. The van der Waals surface area contributed by atoms with Gasteiger partial charge in [-0.15, -0.1) is 0 Å². The Morgan fingerprint density at radius 2 is 1.80 bits per heavy atom. The Bertz CT molecular complexity index is 601. The molecule has 102 valence electrons. The smallest absolute Gasteiger partial charge is 0.341 e. The van der Waals surface area contributed by atoms with E-state index < -0.39 is 5.97 Å². The van der Waals surface area contributed by atoms with Crippen molar-refractivity contribution in [3.8, 4) is 5.75 Å². The highest BCUT2D eigenvalue weighted by Crippen LogP contribution is 2.14. The van der Waals surface area contributed by atoms with Gasteiger partial charge in [0.05, 0.1) is 5.69 Å². The molecule has 4 heteroatoms. The van der Waals surface area contributed by atoms with Crippen LogP contribution in [0, 0.1) is 6.92 Å². The van der Waals surface area contributed by atoms with Crippen molar-refractivity contribution in [2.75, 3.05) is 6.61 Å². The molecule has 2 rings (SSSR count). The normalized spacial score (nSPS) is 10.7. The minimum absolute atomic E-state index is 0.337. The van der Waals surface area contributed by atoms with Crippen LogP contribution in [0.15, 0.2) is 53.5 Å². The maximum Gasteiger partial charge on any atom is 0.341 e. The van der Waals surface area contributed by atoms with E-state index in [4.69, 9.17) is 9.84 Å². The van der Waals surface area contributed by atoms with Gasteiger partial charge in [0.15, 0.2) is 6.61 Å². The van der Waals surface area contributed by atoms with Crippen molar-refractivity contribution in [3.05, 3.63) is 59.7 Å². The van der Waals surface area contributed by atoms with Gasteiger partial charge in [-0.05, 0) is 48.9 Å². The molecule has 0 saturated heterocycles. The average molecular weight is 269 g/mol. The number of carboxylic acids is 1. The SMILES string of the molecule is Cc1ccc(/N=C/c2ccc(OCC(=O)O)cc2)cc1. The molecule has 0 bridgehead atoms. The van der Waals surface area contributed by atoms with Crippen LogP contribution in [-0.4, -0.2) is 23.9 Å². The first-order valence-electron chi connectivity index (χ1n) is 6.19. The molecule has 0 radical (unpaired) electrons. The lowest BCUT2D eigenvalue weighted by atomic mass is 10.2. The number of rotatable bonds is 5. The van der Waals surface area contributed by atoms with Crippen LogP contribution in [0.2, 0.25) is 0 Å². The molecular formula is C16H15NO3. The summed E-state index contributed by atoms with van der Waals surface area (Å²) < 4.78 is 5.05. The number of carbonyl (C=O) groups is 1. The Morgan fingerprint density at radius 3 is 2.40 bits per heavy atom. The predicted octanol–water partition coefficient (Wildman–Crippen LogP) is 3.21. The number of hydrogen-bond acceptors (Lipinski definition) is 3. The lowest BCUT2D eigenvalue weighted by Crippen LogP contribution is -2.09. The van der Waals surface area contributed by atoms with E-state index in [0.29, 0.717) is 5.75 Å². The molecule has 0 amide bonds. The Kier molecular flexibility index (Phi) is 4.50. The summed E-state index contributed by atoms with van der Waals surface area (Å²) >= 11 is 0. The van der Waals surface area contributed by atoms with Crippen LogP contribution in [0.25, 0.3) is 0 Å². The zero-order valence-electron chi connectivity index (χ0n) is 11.1. The highest BCUT2D eigenvalue weighted by molar-refractivity contribution is 5.82. The van der Waals surface area contributed by atoms with Gasteiger partial charge >= 0.3 is 5.97 Å². The van der Waals surface area contributed by atoms with Crippen LogP contribution in [0.4, 0.5) is 5.69 Å². The van der Waals surface area contributed by atoms with E-state index >= 15 is 0 Å². The maximum absolute atomic E-state index is 10.4. The lowest BCUT2D eigenvalue weighted by Gasteiger charge is -2.02. The summed E-state index contributed by atoms with van der Waals surface area (Å²) in [5.74, 6) is -0.463. The van der Waals surface area contributed by atoms with Crippen LogP contribution in [0.3, 0.4) is 0 Å². The molecule has 0 saturated carbocycles. The highest BCUT2D eigenvalue weighted by Gasteiger charge is 1.98. The molecule has 0 aliphatic carbocycles. The second-order valence-corrected chi connectivity index (χ2v) is 4.35. The number of ether oxygens (including phenoxy) is 1. The fourth-order valence-electron chi connectivity index (χ4n) is 1.58. The molecule has 2 aromatic carbocycles. The third-order valence-electron chi connectivity index (χ3n) is 2.64. The van der Waals surface area contributed by atoms with Crippen molar-refractivity contribution >= 4 is 17.9 Å². The third-order valence-corrected chi connectivity index (χ3v) is 2.64. The molecule has 0 aliphatic rings. The van der Waals surface area contributed by atoms with Crippen LogP contribution in [-0.2, 0) is 4.79 Å². The first kappa shape index (κ1) is 13.8. The van der Waals surface area contributed by atoms with Gasteiger partial charge in [-0.1, -0.05) is 17.7 Å². The van der Waals surface area contributed by atoms with Crippen molar-refractivity contribution in [2.45, 2.75) is 6.92 Å². The number of carboxylic acid groups (broad SMARTS) is 1. The van der Waals surface area contributed by atoms with Gasteiger partial charge in [0.1, 0.15) is 5.75 Å². The largest absolute Gasteiger partial charge is 0.482 e. The molecule has 1 N–H and O–H groups in total. The number of aliphatic imine (C=N–C) groups is 1. The molecule has 0 atom stereocenters. The first-order valence-corrected chi connectivity index (χ1v) is 6.19. The van der Waals surface area contributed by atoms with Gasteiger partial charge in [0.25, 0.3) is 0 Å². The molecule has 4 nitrogen and oxygen atoms in total. The summed E-state index contributed by atoms with van der Waals surface area (Å²) in [7, 11) is 0. The fourth-order valence-corrected chi connectivity index (χ4v) is 1.58. The average Bonchev–Trinajstić information content (AvgIpc) is 2.45. The van der Waals surface area contributed by atoms with E-state index in [0.717, 1.165) is 11.3 Å². The molecule has 0 spiro atoms. The van der Waals surface area contributed by atoms with E-state index in [1.54, 1.807) is 18.3 Å². The molecule has 2 aromatic rings.